The second-order valence-corrected chi connectivity index (χ2v) is 8.69. The van der Waals surface area contributed by atoms with Crippen LogP contribution in [0.15, 0.2) is 64.7 Å². The molecule has 1 saturated heterocycles. The zero-order valence-electron chi connectivity index (χ0n) is 16.8. The number of rotatable bonds is 5. The van der Waals surface area contributed by atoms with Crippen molar-refractivity contribution in [1.82, 2.24) is 0 Å². The van der Waals surface area contributed by atoms with E-state index in [9.17, 15) is 19.2 Å². The van der Waals surface area contributed by atoms with Gasteiger partial charge in [-0.15, -0.1) is 0 Å². The van der Waals surface area contributed by atoms with Gasteiger partial charge >= 0.3 is 5.97 Å². The van der Waals surface area contributed by atoms with Crippen LogP contribution in [0.25, 0.3) is 0 Å². The molecule has 2 aromatic rings. The number of anilines is 1. The average molecular weight is 482 g/mol. The van der Waals surface area contributed by atoms with Crippen molar-refractivity contribution in [3.8, 4) is 0 Å². The lowest BCUT2D eigenvalue weighted by molar-refractivity contribution is -0.122. The van der Waals surface area contributed by atoms with Crippen molar-refractivity contribution >= 4 is 45.2 Å². The summed E-state index contributed by atoms with van der Waals surface area (Å²) in [6, 6.07) is 12.9. The molecule has 0 N–H and O–H groups in total. The second-order valence-electron chi connectivity index (χ2n) is 7.77. The highest BCUT2D eigenvalue weighted by atomic mass is 79.9. The van der Waals surface area contributed by atoms with Crippen LogP contribution in [0.1, 0.15) is 40.5 Å². The van der Waals surface area contributed by atoms with Gasteiger partial charge in [-0.1, -0.05) is 45.8 Å². The van der Waals surface area contributed by atoms with Crippen molar-refractivity contribution in [3.05, 3.63) is 75.8 Å². The summed E-state index contributed by atoms with van der Waals surface area (Å²) in [5, 5.41) is 0. The van der Waals surface area contributed by atoms with Crippen LogP contribution in [0.3, 0.4) is 0 Å². The highest BCUT2D eigenvalue weighted by Gasteiger charge is 2.48. The number of amides is 2. The fraction of sp³-hybridized carbons (Fsp3) is 0.250. The molecule has 2 aromatic carbocycles. The van der Waals surface area contributed by atoms with Gasteiger partial charge in [-0.05, 0) is 50.1 Å². The minimum absolute atomic E-state index is 0.172. The van der Waals surface area contributed by atoms with Gasteiger partial charge in [0.1, 0.15) is 0 Å². The fourth-order valence-electron chi connectivity index (χ4n) is 4.00. The van der Waals surface area contributed by atoms with Gasteiger partial charge in [0, 0.05) is 10.0 Å². The normalized spacial score (nSPS) is 20.3. The molecule has 0 bridgehead atoms. The maximum Gasteiger partial charge on any atom is 0.338 e. The first kappa shape index (κ1) is 21.2. The van der Waals surface area contributed by atoms with Gasteiger partial charge in [0.05, 0.1) is 23.1 Å². The SMILES string of the molecule is CC1=CC[C@@H]2C(=O)N(c3cccc(C(=O)OCC(=O)c4ccc(Br)cc4)c3)C(=O)[C@@H]2C1. The Balaban J connectivity index is 1.46. The lowest BCUT2D eigenvalue weighted by Gasteiger charge is -2.18. The number of ether oxygens (including phenoxy) is 1. The van der Waals surface area contributed by atoms with Crippen molar-refractivity contribution in [3.63, 3.8) is 0 Å². The Labute approximate surface area is 188 Å². The summed E-state index contributed by atoms with van der Waals surface area (Å²) in [4.78, 5) is 51.6. The van der Waals surface area contributed by atoms with E-state index in [-0.39, 0.29) is 35.0 Å². The van der Waals surface area contributed by atoms with E-state index < -0.39 is 12.6 Å². The molecule has 2 aliphatic rings. The highest BCUT2D eigenvalue weighted by Crippen LogP contribution is 2.39. The van der Waals surface area contributed by atoms with Crippen LogP contribution in [0, 0.1) is 11.8 Å². The van der Waals surface area contributed by atoms with Crippen LogP contribution in [-0.4, -0.2) is 30.2 Å². The molecule has 31 heavy (non-hydrogen) atoms. The topological polar surface area (TPSA) is 80.8 Å². The predicted octanol–water partition coefficient (Wildman–Crippen LogP) is 4.33. The van der Waals surface area contributed by atoms with Crippen LogP contribution >= 0.6 is 15.9 Å². The van der Waals surface area contributed by atoms with Crippen LogP contribution < -0.4 is 4.90 Å². The average Bonchev–Trinajstić information content (AvgIpc) is 3.01. The second kappa shape index (κ2) is 8.59. The smallest absolute Gasteiger partial charge is 0.338 e. The number of benzene rings is 2. The van der Waals surface area contributed by atoms with Crippen molar-refractivity contribution in [2.24, 2.45) is 11.8 Å². The monoisotopic (exact) mass is 481 g/mol. The number of imide groups is 1. The molecule has 0 saturated carbocycles. The molecule has 1 heterocycles. The third-order valence-electron chi connectivity index (χ3n) is 5.66. The number of halogens is 1. The molecule has 2 atom stereocenters. The predicted molar refractivity (Wildman–Crippen MR) is 118 cm³/mol. The maximum absolute atomic E-state index is 12.9. The zero-order chi connectivity index (χ0) is 22.1. The molecule has 1 fully saturated rings. The van der Waals surface area contributed by atoms with Gasteiger partial charge in [0.25, 0.3) is 0 Å². The van der Waals surface area contributed by atoms with Crippen LogP contribution in [0.5, 0.6) is 0 Å². The third kappa shape index (κ3) is 4.23. The summed E-state index contributed by atoms with van der Waals surface area (Å²) < 4.78 is 6.00. The number of allylic oxidation sites excluding steroid dienone is 2. The third-order valence-corrected chi connectivity index (χ3v) is 6.19. The van der Waals surface area contributed by atoms with E-state index >= 15 is 0 Å². The Hall–Kier alpha value is -3.06. The number of ketones is 1. The van der Waals surface area contributed by atoms with Crippen molar-refractivity contribution in [1.29, 1.82) is 0 Å². The van der Waals surface area contributed by atoms with Gasteiger partial charge in [0.2, 0.25) is 11.8 Å². The Bertz CT molecular complexity index is 1110. The van der Waals surface area contributed by atoms with Gasteiger partial charge < -0.3 is 4.74 Å². The molecule has 158 valence electrons. The zero-order valence-corrected chi connectivity index (χ0v) is 18.4. The fourth-order valence-corrected chi connectivity index (χ4v) is 4.26. The van der Waals surface area contributed by atoms with E-state index in [4.69, 9.17) is 4.74 Å². The first-order valence-electron chi connectivity index (χ1n) is 9.94. The summed E-state index contributed by atoms with van der Waals surface area (Å²) in [7, 11) is 0. The number of hydrogen-bond donors (Lipinski definition) is 0. The quantitative estimate of drug-likeness (QED) is 0.274. The molecular weight excluding hydrogens is 462 g/mol. The number of carbonyl (C=O) groups excluding carboxylic acids is 4. The van der Waals surface area contributed by atoms with Crippen LogP contribution in [0.4, 0.5) is 5.69 Å². The van der Waals surface area contributed by atoms with Crippen molar-refractivity contribution in [2.45, 2.75) is 19.8 Å². The summed E-state index contributed by atoms with van der Waals surface area (Å²) in [5.74, 6) is -2.20. The minimum atomic E-state index is -0.693. The van der Waals surface area contributed by atoms with Gasteiger partial charge in [-0.25, -0.2) is 4.79 Å². The number of fused-ring (bicyclic) bond motifs is 1. The molecule has 1 aliphatic carbocycles. The standard InChI is InChI=1S/C24H20BrNO5/c1-14-5-10-19-20(11-14)23(29)26(22(19)28)18-4-2-3-16(12-18)24(30)31-13-21(27)15-6-8-17(25)9-7-15/h2-9,12,19-20H,10-11,13H2,1H3/t19-,20+/m0/s1. The Morgan fingerprint density at radius 2 is 1.74 bits per heavy atom. The summed E-state index contributed by atoms with van der Waals surface area (Å²) in [5.41, 5.74) is 2.06. The van der Waals surface area contributed by atoms with E-state index in [2.05, 4.69) is 15.9 Å². The van der Waals surface area contributed by atoms with Crippen LogP contribution in [0.2, 0.25) is 0 Å². The summed E-state index contributed by atoms with van der Waals surface area (Å²) in [6.45, 7) is 1.56. The highest BCUT2D eigenvalue weighted by molar-refractivity contribution is 9.10. The molecule has 0 unspecified atom stereocenters. The summed E-state index contributed by atoms with van der Waals surface area (Å²) >= 11 is 3.30. The number of nitrogens with zero attached hydrogens (tertiary/aromatic N) is 1. The van der Waals surface area contributed by atoms with E-state index in [1.54, 1.807) is 36.4 Å². The van der Waals surface area contributed by atoms with Crippen molar-refractivity contribution < 1.29 is 23.9 Å². The largest absolute Gasteiger partial charge is 0.454 e. The Morgan fingerprint density at radius 3 is 2.48 bits per heavy atom. The van der Waals surface area contributed by atoms with E-state index in [0.717, 1.165) is 10.0 Å². The minimum Gasteiger partial charge on any atom is -0.454 e. The summed E-state index contributed by atoms with van der Waals surface area (Å²) in [6.07, 6.45) is 3.13. The van der Waals surface area contributed by atoms with E-state index in [1.165, 1.54) is 17.0 Å². The molecule has 1 aliphatic heterocycles. The van der Waals surface area contributed by atoms with Gasteiger partial charge in [-0.3, -0.25) is 19.3 Å². The Morgan fingerprint density at radius 1 is 1.03 bits per heavy atom. The first-order valence-corrected chi connectivity index (χ1v) is 10.7. The van der Waals surface area contributed by atoms with E-state index in [0.29, 0.717) is 24.1 Å². The van der Waals surface area contributed by atoms with Crippen LogP contribution in [-0.2, 0) is 14.3 Å². The number of carbonyl (C=O) groups is 4. The van der Waals surface area contributed by atoms with Gasteiger partial charge in [-0.2, -0.15) is 0 Å². The first-order chi connectivity index (χ1) is 14.8. The number of esters is 1. The molecule has 0 aromatic heterocycles. The molecule has 4 rings (SSSR count). The number of Topliss-reactive ketones (excluding diaryl/α,β-unsaturated/α-hetero) is 1. The molecule has 0 radical (unpaired) electrons. The molecule has 6 nitrogen and oxygen atoms in total. The lowest BCUT2D eigenvalue weighted by Crippen LogP contribution is -2.31. The maximum atomic E-state index is 12.9. The molecule has 0 spiro atoms. The van der Waals surface area contributed by atoms with E-state index in [1.807, 2.05) is 13.0 Å². The molecular formula is C24H20BrNO5. The lowest BCUT2D eigenvalue weighted by atomic mass is 9.82. The Kier molecular flexibility index (Phi) is 5.87. The molecule has 2 amide bonds. The van der Waals surface area contributed by atoms with Crippen molar-refractivity contribution in [2.75, 3.05) is 11.5 Å². The molecule has 7 heteroatoms. The number of hydrogen-bond acceptors (Lipinski definition) is 5. The van der Waals surface area contributed by atoms with Gasteiger partial charge in [0.15, 0.2) is 12.4 Å².